The van der Waals surface area contributed by atoms with Crippen LogP contribution in [0, 0.1) is 0 Å². The Balaban J connectivity index is -0.0000000787. The second-order valence-electron chi connectivity index (χ2n) is 0.741. The summed E-state index contributed by atoms with van der Waals surface area (Å²) in [7, 11) is 0. The molecule has 7 nitrogen and oxygen atoms in total. The maximum atomic E-state index is 9.00. The van der Waals surface area contributed by atoms with Gasteiger partial charge < -0.3 is 27.1 Å². The molecule has 7 N–H and O–H groups in total. The van der Waals surface area contributed by atoms with Crippen molar-refractivity contribution in [2.24, 2.45) is 17.2 Å². The van der Waals surface area contributed by atoms with Crippen molar-refractivity contribution >= 4 is 18.9 Å². The van der Waals surface area contributed by atoms with Crippen LogP contribution in [-0.2, 0) is 4.79 Å². The molecule has 0 saturated carbocycles. The Kier molecular flexibility index (Phi) is 24.7. The number of urea groups is 1. The van der Waals surface area contributed by atoms with E-state index in [-0.39, 0.29) is 0 Å². The summed E-state index contributed by atoms with van der Waals surface area (Å²) in [4.78, 5) is 25.8. The lowest BCUT2D eigenvalue weighted by Crippen LogP contribution is -2.18. The minimum atomic E-state index is -1.33. The molecule has 0 aliphatic carbocycles. The molecule has 0 atom stereocenters. The third-order valence-corrected chi connectivity index (χ3v) is 0. The lowest BCUT2D eigenvalue weighted by molar-refractivity contribution is -0.0980. The molecular weight excluding hydrogens is 142 g/mol. The van der Waals surface area contributed by atoms with Gasteiger partial charge in [-0.3, -0.25) is 0 Å². The summed E-state index contributed by atoms with van der Waals surface area (Å²) in [6.45, 7) is 2.00. The summed E-state index contributed by atoms with van der Waals surface area (Å²) >= 11 is 0. The predicted molar refractivity (Wildman–Crippen MR) is 33.1 cm³/mol. The van der Waals surface area contributed by atoms with Crippen LogP contribution in [0.3, 0.4) is 0 Å². The van der Waals surface area contributed by atoms with Gasteiger partial charge in [-0.2, -0.15) is 0 Å². The third-order valence-electron chi connectivity index (χ3n) is 0. The lowest BCUT2D eigenvalue weighted by Gasteiger charge is -1.62. The summed E-state index contributed by atoms with van der Waals surface area (Å²) in [6, 6.07) is -0.833. The van der Waals surface area contributed by atoms with E-state index in [0.29, 0.717) is 0 Å². The maximum Gasteiger partial charge on any atom is 0.402 e. The fraction of sp³-hybridized carbons (Fsp3) is 0. The van der Waals surface area contributed by atoms with E-state index < -0.39 is 12.1 Å². The van der Waals surface area contributed by atoms with E-state index in [9.17, 15) is 0 Å². The van der Waals surface area contributed by atoms with Gasteiger partial charge in [-0.15, -0.1) is 0 Å². The molecular formula is C3H9N3O4. The number of hydrogen-bond donors (Lipinski definition) is 4. The van der Waals surface area contributed by atoms with Crippen molar-refractivity contribution in [3.05, 3.63) is 0 Å². The average Bonchev–Trinajstić information content (AvgIpc) is 1.66. The van der Waals surface area contributed by atoms with Gasteiger partial charge in [0, 0.05) is 0 Å². The number of carboxylic acid groups (broad SMARTS) is 1. The van der Waals surface area contributed by atoms with E-state index in [0.717, 1.165) is 0 Å². The molecule has 0 radical (unpaired) electrons. The van der Waals surface area contributed by atoms with Crippen LogP contribution in [0.15, 0.2) is 0 Å². The molecule has 0 spiro atoms. The van der Waals surface area contributed by atoms with Crippen LogP contribution in [0.4, 0.5) is 9.59 Å². The van der Waals surface area contributed by atoms with Gasteiger partial charge in [-0.25, -0.2) is 9.59 Å². The molecule has 0 unspecified atom stereocenters. The molecule has 0 heterocycles. The fourth-order valence-electron chi connectivity index (χ4n) is 0. The highest BCUT2D eigenvalue weighted by Crippen LogP contribution is 1.34. The molecule has 0 aromatic heterocycles. The Labute approximate surface area is 56.8 Å². The van der Waals surface area contributed by atoms with Crippen LogP contribution in [0.25, 0.3) is 0 Å². The van der Waals surface area contributed by atoms with E-state index in [1.807, 2.05) is 6.79 Å². The van der Waals surface area contributed by atoms with Crippen molar-refractivity contribution in [2.75, 3.05) is 0 Å². The molecule has 0 aliphatic heterocycles. The van der Waals surface area contributed by atoms with Crippen LogP contribution >= 0.6 is 0 Å². The number of primary amides is 3. The summed E-state index contributed by atoms with van der Waals surface area (Å²) in [6.07, 6.45) is -1.33. The van der Waals surface area contributed by atoms with E-state index in [1.165, 1.54) is 0 Å². The Morgan fingerprint density at radius 1 is 1.10 bits per heavy atom. The van der Waals surface area contributed by atoms with E-state index in [1.54, 1.807) is 0 Å². The Bertz CT molecular complexity index is 83.9. The molecule has 0 fully saturated rings. The van der Waals surface area contributed by atoms with Crippen molar-refractivity contribution in [3.63, 3.8) is 0 Å². The van der Waals surface area contributed by atoms with Crippen molar-refractivity contribution in [3.8, 4) is 0 Å². The molecule has 0 aromatic rings. The second-order valence-corrected chi connectivity index (χ2v) is 0.741. The van der Waals surface area contributed by atoms with Gasteiger partial charge in [-0.05, 0) is 0 Å². The van der Waals surface area contributed by atoms with Gasteiger partial charge >= 0.3 is 12.1 Å². The molecule has 7 heteroatoms. The zero-order valence-electron chi connectivity index (χ0n) is 5.11. The molecule has 0 rings (SSSR count). The number of amides is 3. The zero-order chi connectivity index (χ0) is 9.15. The Morgan fingerprint density at radius 2 is 1.10 bits per heavy atom. The molecule has 60 valence electrons. The summed E-state index contributed by atoms with van der Waals surface area (Å²) in [5, 5.41) is 7.19. The molecule has 0 saturated heterocycles. The fourth-order valence-corrected chi connectivity index (χ4v) is 0. The van der Waals surface area contributed by atoms with Gasteiger partial charge in [0.05, 0.1) is 0 Å². The van der Waals surface area contributed by atoms with Crippen molar-refractivity contribution < 1.29 is 19.5 Å². The number of rotatable bonds is 0. The zero-order valence-corrected chi connectivity index (χ0v) is 5.11. The summed E-state index contributed by atoms with van der Waals surface area (Å²) in [5.41, 5.74) is 12.5. The van der Waals surface area contributed by atoms with Gasteiger partial charge in [-0.1, -0.05) is 0 Å². The lowest BCUT2D eigenvalue weighted by atomic mass is 11.2. The topological polar surface area (TPSA) is 150 Å². The normalized spacial score (nSPS) is 5.20. The van der Waals surface area contributed by atoms with Gasteiger partial charge in [0.15, 0.2) is 0 Å². The molecule has 3 amide bonds. The summed E-state index contributed by atoms with van der Waals surface area (Å²) < 4.78 is 0. The highest BCUT2D eigenvalue weighted by molar-refractivity contribution is 5.69. The number of hydrogen-bond acceptors (Lipinski definition) is 3. The van der Waals surface area contributed by atoms with Crippen LogP contribution in [0.5, 0.6) is 0 Å². The van der Waals surface area contributed by atoms with Crippen LogP contribution in [0.2, 0.25) is 0 Å². The average molecular weight is 151 g/mol. The minimum Gasteiger partial charge on any atom is -0.465 e. The molecule has 0 bridgehead atoms. The predicted octanol–water partition coefficient (Wildman–Crippen LogP) is -1.54. The van der Waals surface area contributed by atoms with E-state index in [4.69, 9.17) is 19.5 Å². The first-order valence-corrected chi connectivity index (χ1v) is 1.79. The Morgan fingerprint density at radius 3 is 1.10 bits per heavy atom. The highest BCUT2D eigenvalue weighted by atomic mass is 16.4. The first-order chi connectivity index (χ1) is 4.46. The second kappa shape index (κ2) is 15.7. The molecule has 0 aromatic carbocycles. The minimum absolute atomic E-state index is 0.833. The van der Waals surface area contributed by atoms with Crippen LogP contribution in [0.1, 0.15) is 0 Å². The highest BCUT2D eigenvalue weighted by Gasteiger charge is 1.65. The quantitative estimate of drug-likeness (QED) is 0.331. The maximum absolute atomic E-state index is 9.00. The largest absolute Gasteiger partial charge is 0.465 e. The van der Waals surface area contributed by atoms with Crippen LogP contribution in [-0.4, -0.2) is 24.0 Å². The van der Waals surface area contributed by atoms with Gasteiger partial charge in [0.2, 0.25) is 0 Å². The monoisotopic (exact) mass is 151 g/mol. The number of carbonyl (C=O) groups excluding carboxylic acids is 2. The van der Waals surface area contributed by atoms with Crippen molar-refractivity contribution in [2.45, 2.75) is 0 Å². The number of nitrogens with two attached hydrogens (primary N) is 3. The first kappa shape index (κ1) is 15.7. The third kappa shape index (κ3) is 52.6. The summed E-state index contributed by atoms with van der Waals surface area (Å²) in [5.74, 6) is 0. The SMILES string of the molecule is C=O.NC(=O)O.NC(N)=O. The standard InChI is InChI=1S/CH4N2O.CH3NO2.CH2O/c2*2-1(3)4;1-2/h(H4,2,3,4);2H2,(H,3,4);1H2. The number of carbonyl (C=O) groups is 3. The van der Waals surface area contributed by atoms with E-state index >= 15 is 0 Å². The first-order valence-electron chi connectivity index (χ1n) is 1.79. The van der Waals surface area contributed by atoms with Crippen LogP contribution < -0.4 is 17.2 Å². The molecule has 10 heavy (non-hydrogen) atoms. The van der Waals surface area contributed by atoms with Crippen molar-refractivity contribution in [1.29, 1.82) is 0 Å². The van der Waals surface area contributed by atoms with Gasteiger partial charge in [0.25, 0.3) is 0 Å². The van der Waals surface area contributed by atoms with Crippen molar-refractivity contribution in [1.82, 2.24) is 0 Å². The van der Waals surface area contributed by atoms with E-state index in [2.05, 4.69) is 17.2 Å². The smallest absolute Gasteiger partial charge is 0.402 e. The Hall–Kier alpha value is -1.79. The van der Waals surface area contributed by atoms with Gasteiger partial charge in [0.1, 0.15) is 6.79 Å². The molecule has 0 aliphatic rings.